The highest BCUT2D eigenvalue weighted by molar-refractivity contribution is 5.84. The van der Waals surface area contributed by atoms with E-state index in [4.69, 9.17) is 5.11 Å². The zero-order valence-corrected chi connectivity index (χ0v) is 5.37. The van der Waals surface area contributed by atoms with Gasteiger partial charge in [-0.15, -0.1) is 0 Å². The molecule has 0 spiro atoms. The van der Waals surface area contributed by atoms with Crippen molar-refractivity contribution in [1.82, 2.24) is 9.97 Å². The van der Waals surface area contributed by atoms with Crippen molar-refractivity contribution in [2.75, 3.05) is 0 Å². The third-order valence-corrected chi connectivity index (χ3v) is 0.910. The number of rotatable bonds is 1. The van der Waals surface area contributed by atoms with Crippen LogP contribution in [0.15, 0.2) is 17.2 Å². The summed E-state index contributed by atoms with van der Waals surface area (Å²) in [5.74, 6) is -1.32. The van der Waals surface area contributed by atoms with Crippen molar-refractivity contribution in [3.05, 3.63) is 28.4 Å². The smallest absolute Gasteiger partial charge is 0.360 e. The Labute approximate surface area is 60.8 Å². The topological polar surface area (TPSA) is 115 Å². The summed E-state index contributed by atoms with van der Waals surface area (Å²) in [6.07, 6.45) is 2.49. The molecule has 11 heavy (non-hydrogen) atoms. The molecule has 1 rings (SSSR count). The second-order valence-electron chi connectivity index (χ2n) is 1.57. The molecule has 0 bridgehead atoms. The Bertz CT molecular complexity index is 305. The maximum absolute atomic E-state index is 10.6. The van der Waals surface area contributed by atoms with Crippen LogP contribution in [0, 0.1) is 0 Å². The Morgan fingerprint density at radius 2 is 2.27 bits per heavy atom. The minimum Gasteiger partial charge on any atom is -0.476 e. The Hall–Kier alpha value is -1.69. The van der Waals surface area contributed by atoms with Gasteiger partial charge in [-0.2, -0.15) is 0 Å². The Balaban J connectivity index is 0.000001000. The van der Waals surface area contributed by atoms with Crippen molar-refractivity contribution >= 4 is 5.97 Å². The van der Waals surface area contributed by atoms with Crippen molar-refractivity contribution in [3.8, 4) is 0 Å². The van der Waals surface area contributed by atoms with Crippen LogP contribution in [0.3, 0.4) is 0 Å². The molecule has 6 nitrogen and oxygen atoms in total. The fraction of sp³-hybridized carbons (Fsp3) is 0. The van der Waals surface area contributed by atoms with Crippen LogP contribution in [-0.4, -0.2) is 26.5 Å². The first-order valence-corrected chi connectivity index (χ1v) is 2.49. The highest BCUT2D eigenvalue weighted by atomic mass is 16.4. The van der Waals surface area contributed by atoms with Crippen molar-refractivity contribution in [2.24, 2.45) is 0 Å². The van der Waals surface area contributed by atoms with E-state index < -0.39 is 17.2 Å². The Morgan fingerprint density at radius 1 is 1.64 bits per heavy atom. The molecule has 0 radical (unpaired) electrons. The van der Waals surface area contributed by atoms with E-state index in [0.717, 1.165) is 0 Å². The van der Waals surface area contributed by atoms with Gasteiger partial charge in [-0.1, -0.05) is 0 Å². The van der Waals surface area contributed by atoms with Gasteiger partial charge in [0.05, 0.1) is 0 Å². The molecule has 0 aliphatic carbocycles. The lowest BCUT2D eigenvalue weighted by molar-refractivity contribution is 0.0688. The highest BCUT2D eigenvalue weighted by Gasteiger charge is 2.07. The molecular formula is C5H6N2O4. The number of aromatic amines is 1. The van der Waals surface area contributed by atoms with Crippen LogP contribution in [0.2, 0.25) is 0 Å². The van der Waals surface area contributed by atoms with E-state index in [0.29, 0.717) is 0 Å². The first kappa shape index (κ1) is 9.31. The fourth-order valence-corrected chi connectivity index (χ4v) is 0.504. The van der Waals surface area contributed by atoms with Gasteiger partial charge in [0, 0.05) is 12.4 Å². The van der Waals surface area contributed by atoms with E-state index in [1.165, 1.54) is 12.4 Å². The molecule has 0 aliphatic heterocycles. The van der Waals surface area contributed by atoms with Gasteiger partial charge >= 0.3 is 5.97 Å². The predicted molar refractivity (Wildman–Crippen MR) is 35.4 cm³/mol. The average Bonchev–Trinajstić information content (AvgIpc) is 1.88. The third-order valence-electron chi connectivity index (χ3n) is 0.910. The standard InChI is InChI=1S/C5H4N2O3.H2O/c8-4-3(5(9)10)6-1-2-7-4;/h1-2H,(H,7,8)(H,9,10);1H2. The van der Waals surface area contributed by atoms with Crippen LogP contribution in [0.5, 0.6) is 0 Å². The minimum atomic E-state index is -1.32. The maximum atomic E-state index is 10.6. The van der Waals surface area contributed by atoms with Gasteiger partial charge in [-0.25, -0.2) is 9.78 Å². The lowest BCUT2D eigenvalue weighted by Crippen LogP contribution is -2.18. The van der Waals surface area contributed by atoms with Gasteiger partial charge in [0.1, 0.15) is 0 Å². The predicted octanol–water partition coefficient (Wildman–Crippen LogP) is -1.36. The number of nitrogens with zero attached hydrogens (tertiary/aromatic N) is 1. The number of hydrogen-bond donors (Lipinski definition) is 2. The average molecular weight is 158 g/mol. The molecule has 0 aliphatic rings. The zero-order valence-electron chi connectivity index (χ0n) is 5.37. The fourth-order valence-electron chi connectivity index (χ4n) is 0.504. The molecule has 6 heteroatoms. The number of nitrogens with one attached hydrogen (secondary N) is 1. The molecule has 0 saturated heterocycles. The van der Waals surface area contributed by atoms with Crippen LogP contribution in [-0.2, 0) is 0 Å². The van der Waals surface area contributed by atoms with E-state index >= 15 is 0 Å². The van der Waals surface area contributed by atoms with Crippen LogP contribution >= 0.6 is 0 Å². The van der Waals surface area contributed by atoms with Crippen LogP contribution < -0.4 is 5.56 Å². The molecule has 0 saturated carbocycles. The molecule has 0 fully saturated rings. The number of aromatic nitrogens is 2. The van der Waals surface area contributed by atoms with Crippen molar-refractivity contribution < 1.29 is 15.4 Å². The van der Waals surface area contributed by atoms with Gasteiger partial charge in [-0.3, -0.25) is 4.79 Å². The van der Waals surface area contributed by atoms with Crippen molar-refractivity contribution in [2.45, 2.75) is 0 Å². The molecule has 60 valence electrons. The molecule has 0 aromatic carbocycles. The first-order valence-electron chi connectivity index (χ1n) is 2.49. The van der Waals surface area contributed by atoms with Gasteiger partial charge in [0.25, 0.3) is 5.56 Å². The van der Waals surface area contributed by atoms with E-state index in [2.05, 4.69) is 9.97 Å². The quantitative estimate of drug-likeness (QED) is 0.525. The number of carbonyl (C=O) groups is 1. The summed E-state index contributed by atoms with van der Waals surface area (Å²) in [6.45, 7) is 0. The summed E-state index contributed by atoms with van der Waals surface area (Å²) in [5.41, 5.74) is -1.17. The first-order chi connectivity index (χ1) is 4.72. The van der Waals surface area contributed by atoms with Gasteiger partial charge < -0.3 is 15.6 Å². The van der Waals surface area contributed by atoms with Crippen LogP contribution in [0.1, 0.15) is 10.5 Å². The highest BCUT2D eigenvalue weighted by Crippen LogP contribution is 1.79. The van der Waals surface area contributed by atoms with E-state index in [9.17, 15) is 9.59 Å². The van der Waals surface area contributed by atoms with E-state index in [1.807, 2.05) is 0 Å². The number of hydrogen-bond acceptors (Lipinski definition) is 3. The normalized spacial score (nSPS) is 8.36. The molecule has 0 unspecified atom stereocenters. The van der Waals surface area contributed by atoms with Crippen LogP contribution in [0.4, 0.5) is 0 Å². The summed E-state index contributed by atoms with van der Waals surface area (Å²) in [4.78, 5) is 26.2. The lowest BCUT2D eigenvalue weighted by Gasteiger charge is -1.87. The summed E-state index contributed by atoms with van der Waals surface area (Å²) >= 11 is 0. The third kappa shape index (κ3) is 1.87. The number of carboxylic acids is 1. The Kier molecular flexibility index (Phi) is 2.94. The molecule has 0 atom stereocenters. The largest absolute Gasteiger partial charge is 0.476 e. The monoisotopic (exact) mass is 158 g/mol. The molecular weight excluding hydrogens is 152 g/mol. The summed E-state index contributed by atoms with van der Waals surface area (Å²) in [6, 6.07) is 0. The molecule has 1 heterocycles. The lowest BCUT2D eigenvalue weighted by atomic mass is 10.4. The molecule has 1 aromatic heterocycles. The zero-order chi connectivity index (χ0) is 7.56. The number of aromatic carboxylic acids is 1. The molecule has 4 N–H and O–H groups in total. The number of carboxylic acid groups (broad SMARTS) is 1. The van der Waals surface area contributed by atoms with E-state index in [-0.39, 0.29) is 5.48 Å². The Morgan fingerprint density at radius 3 is 2.64 bits per heavy atom. The van der Waals surface area contributed by atoms with Crippen LogP contribution in [0.25, 0.3) is 0 Å². The van der Waals surface area contributed by atoms with Gasteiger partial charge in [0.2, 0.25) is 5.69 Å². The van der Waals surface area contributed by atoms with E-state index in [1.54, 1.807) is 0 Å². The van der Waals surface area contributed by atoms with Gasteiger partial charge in [-0.05, 0) is 0 Å². The minimum absolute atomic E-state index is 0. The SMILES string of the molecule is O.O=C(O)c1ncc[nH]c1=O. The van der Waals surface area contributed by atoms with Crippen molar-refractivity contribution in [3.63, 3.8) is 0 Å². The molecule has 0 amide bonds. The summed E-state index contributed by atoms with van der Waals surface area (Å²) < 4.78 is 0. The second-order valence-corrected chi connectivity index (χ2v) is 1.57. The number of H-pyrrole nitrogens is 1. The van der Waals surface area contributed by atoms with Gasteiger partial charge in [0.15, 0.2) is 0 Å². The summed E-state index contributed by atoms with van der Waals surface area (Å²) in [5, 5.41) is 8.28. The summed E-state index contributed by atoms with van der Waals surface area (Å²) in [7, 11) is 0. The molecule has 1 aromatic rings. The van der Waals surface area contributed by atoms with Crippen molar-refractivity contribution in [1.29, 1.82) is 0 Å². The maximum Gasteiger partial charge on any atom is 0.360 e. The second kappa shape index (κ2) is 3.47.